The molecule has 0 radical (unpaired) electrons. The summed E-state index contributed by atoms with van der Waals surface area (Å²) >= 11 is 0. The normalized spacial score (nSPS) is 26.8. The number of carboxylic acid groups (broad SMARTS) is 1. The number of hydrogen-bond donors (Lipinski definition) is 1. The molecule has 1 aromatic carbocycles. The van der Waals surface area contributed by atoms with Crippen LogP contribution in [0.1, 0.15) is 35.2 Å². The maximum atomic E-state index is 13.0. The number of hydrogen-bond acceptors (Lipinski definition) is 5. The van der Waals surface area contributed by atoms with Gasteiger partial charge in [-0.05, 0) is 55.4 Å². The zero-order valence-corrected chi connectivity index (χ0v) is 15.6. The first kappa shape index (κ1) is 18.3. The third kappa shape index (κ3) is 3.45. The van der Waals surface area contributed by atoms with Gasteiger partial charge in [-0.3, -0.25) is 0 Å². The molecule has 1 spiro atoms. The molecule has 1 aromatic rings. The first-order chi connectivity index (χ1) is 11.5. The second-order valence-electron chi connectivity index (χ2n) is 7.07. The van der Waals surface area contributed by atoms with Gasteiger partial charge in [-0.2, -0.15) is 4.31 Å². The molecular weight excluding hydrogens is 366 g/mol. The molecule has 25 heavy (non-hydrogen) atoms. The van der Waals surface area contributed by atoms with Crippen molar-refractivity contribution in [2.75, 3.05) is 24.6 Å². The molecule has 0 aromatic heterocycles. The van der Waals surface area contributed by atoms with Crippen LogP contribution in [0, 0.1) is 12.3 Å². The average molecular weight is 387 g/mol. The second-order valence-corrected chi connectivity index (χ2v) is 11.2. The average Bonchev–Trinajstić information content (AvgIpc) is 2.81. The van der Waals surface area contributed by atoms with Gasteiger partial charge in [0.1, 0.15) is 0 Å². The van der Waals surface area contributed by atoms with Gasteiger partial charge in [-0.25, -0.2) is 21.6 Å². The Hall–Kier alpha value is -1.45. The van der Waals surface area contributed by atoms with Crippen LogP contribution in [0.5, 0.6) is 0 Å². The fourth-order valence-corrected chi connectivity index (χ4v) is 7.74. The Morgan fingerprint density at radius 3 is 2.56 bits per heavy atom. The van der Waals surface area contributed by atoms with Gasteiger partial charge in [0.05, 0.1) is 22.0 Å². The predicted molar refractivity (Wildman–Crippen MR) is 91.8 cm³/mol. The highest BCUT2D eigenvalue weighted by Gasteiger charge is 2.47. The molecule has 1 unspecified atom stereocenters. The Bertz CT molecular complexity index is 922. The molecule has 138 valence electrons. The van der Waals surface area contributed by atoms with Crippen molar-refractivity contribution < 1.29 is 26.7 Å². The Kier molecular flexibility index (Phi) is 4.45. The van der Waals surface area contributed by atoms with E-state index in [0.29, 0.717) is 24.9 Å². The lowest BCUT2D eigenvalue weighted by Gasteiger charge is -2.38. The lowest BCUT2D eigenvalue weighted by Crippen LogP contribution is -2.46. The predicted octanol–water partition coefficient (Wildman–Crippen LogP) is 1.28. The molecule has 2 saturated heterocycles. The van der Waals surface area contributed by atoms with E-state index in [9.17, 15) is 21.6 Å². The van der Waals surface area contributed by atoms with E-state index in [1.54, 1.807) is 6.92 Å². The van der Waals surface area contributed by atoms with Crippen LogP contribution in [0.25, 0.3) is 0 Å². The minimum absolute atomic E-state index is 0.0446. The highest BCUT2D eigenvalue weighted by atomic mass is 32.2. The van der Waals surface area contributed by atoms with E-state index in [-0.39, 0.29) is 28.5 Å². The van der Waals surface area contributed by atoms with Gasteiger partial charge in [-0.15, -0.1) is 0 Å². The maximum absolute atomic E-state index is 13.0. The van der Waals surface area contributed by atoms with Gasteiger partial charge >= 0.3 is 5.97 Å². The monoisotopic (exact) mass is 387 g/mol. The Labute approximate surface area is 147 Å². The lowest BCUT2D eigenvalue weighted by atomic mass is 9.80. The van der Waals surface area contributed by atoms with Crippen LogP contribution < -0.4 is 0 Å². The number of benzene rings is 1. The van der Waals surface area contributed by atoms with Crippen LogP contribution in [0.4, 0.5) is 0 Å². The van der Waals surface area contributed by atoms with Crippen LogP contribution in [0.15, 0.2) is 23.1 Å². The zero-order chi connectivity index (χ0) is 18.5. The van der Waals surface area contributed by atoms with Gasteiger partial charge in [0.2, 0.25) is 10.0 Å². The number of rotatable bonds is 3. The summed E-state index contributed by atoms with van der Waals surface area (Å²) in [5, 5.41) is 9.08. The summed E-state index contributed by atoms with van der Waals surface area (Å²) in [6.07, 6.45) is 1.84. The van der Waals surface area contributed by atoms with Crippen molar-refractivity contribution in [3.05, 3.63) is 29.3 Å². The topological polar surface area (TPSA) is 109 Å². The van der Waals surface area contributed by atoms with Crippen molar-refractivity contribution in [2.24, 2.45) is 5.41 Å². The highest BCUT2D eigenvalue weighted by molar-refractivity contribution is 7.91. The number of sulfonamides is 1. The highest BCUT2D eigenvalue weighted by Crippen LogP contribution is 2.41. The number of aryl methyl sites for hydroxylation is 1. The third-order valence-electron chi connectivity index (χ3n) is 5.16. The molecule has 0 saturated carbocycles. The molecular formula is C16H21NO6S2. The van der Waals surface area contributed by atoms with Crippen LogP contribution in [-0.4, -0.2) is 56.8 Å². The van der Waals surface area contributed by atoms with E-state index in [2.05, 4.69) is 0 Å². The molecule has 7 nitrogen and oxygen atoms in total. The van der Waals surface area contributed by atoms with Gasteiger partial charge in [-0.1, -0.05) is 0 Å². The van der Waals surface area contributed by atoms with Gasteiger partial charge in [0, 0.05) is 13.1 Å². The van der Waals surface area contributed by atoms with E-state index in [1.807, 2.05) is 0 Å². The molecule has 1 N–H and O–H groups in total. The number of piperidine rings is 1. The van der Waals surface area contributed by atoms with Crippen molar-refractivity contribution in [3.63, 3.8) is 0 Å². The first-order valence-corrected chi connectivity index (χ1v) is 11.4. The van der Waals surface area contributed by atoms with Gasteiger partial charge in [0.25, 0.3) is 0 Å². The minimum atomic E-state index is -3.78. The Balaban J connectivity index is 1.90. The van der Waals surface area contributed by atoms with E-state index in [0.717, 1.165) is 6.42 Å². The summed E-state index contributed by atoms with van der Waals surface area (Å²) in [7, 11) is -6.88. The largest absolute Gasteiger partial charge is 0.478 e. The van der Waals surface area contributed by atoms with Crippen molar-refractivity contribution in [1.82, 2.24) is 4.31 Å². The van der Waals surface area contributed by atoms with E-state index in [4.69, 9.17) is 5.11 Å². The van der Waals surface area contributed by atoms with E-state index >= 15 is 0 Å². The fraction of sp³-hybridized carbons (Fsp3) is 0.562. The van der Waals surface area contributed by atoms with Crippen molar-refractivity contribution in [2.45, 2.75) is 31.1 Å². The molecule has 2 aliphatic rings. The molecule has 0 aliphatic carbocycles. The second kappa shape index (κ2) is 6.07. The SMILES string of the molecule is Cc1cc(S(=O)(=O)N2CCCC3(CCS(=O)(=O)C3)C2)ccc1C(=O)O. The Morgan fingerprint density at radius 2 is 2.00 bits per heavy atom. The molecule has 2 fully saturated rings. The summed E-state index contributed by atoms with van der Waals surface area (Å²) in [5.41, 5.74) is -0.0417. The number of carboxylic acids is 1. The molecule has 2 heterocycles. The quantitative estimate of drug-likeness (QED) is 0.837. The summed E-state index contributed by atoms with van der Waals surface area (Å²) in [6, 6.07) is 3.97. The number of carbonyl (C=O) groups is 1. The molecule has 0 bridgehead atoms. The number of aromatic carboxylic acids is 1. The Morgan fingerprint density at radius 1 is 1.28 bits per heavy atom. The van der Waals surface area contributed by atoms with Crippen molar-refractivity contribution in [1.29, 1.82) is 0 Å². The molecule has 9 heteroatoms. The first-order valence-electron chi connectivity index (χ1n) is 8.09. The van der Waals surface area contributed by atoms with E-state index in [1.165, 1.54) is 22.5 Å². The minimum Gasteiger partial charge on any atom is -0.478 e. The van der Waals surface area contributed by atoms with Gasteiger partial charge < -0.3 is 5.11 Å². The van der Waals surface area contributed by atoms with Crippen molar-refractivity contribution >= 4 is 25.8 Å². The summed E-state index contributed by atoms with van der Waals surface area (Å²) < 4.78 is 51.0. The molecule has 3 rings (SSSR count). The van der Waals surface area contributed by atoms with Gasteiger partial charge in [0.15, 0.2) is 9.84 Å². The smallest absolute Gasteiger partial charge is 0.335 e. The van der Waals surface area contributed by atoms with Crippen molar-refractivity contribution in [3.8, 4) is 0 Å². The van der Waals surface area contributed by atoms with Crippen LogP contribution in [-0.2, 0) is 19.9 Å². The summed E-state index contributed by atoms with van der Waals surface area (Å²) in [6.45, 7) is 2.11. The lowest BCUT2D eigenvalue weighted by molar-refractivity contribution is 0.0696. The van der Waals surface area contributed by atoms with Crippen LogP contribution in [0.3, 0.4) is 0 Å². The van der Waals surface area contributed by atoms with Crippen LogP contribution >= 0.6 is 0 Å². The summed E-state index contributed by atoms with van der Waals surface area (Å²) in [4.78, 5) is 11.1. The zero-order valence-electron chi connectivity index (χ0n) is 13.9. The third-order valence-corrected chi connectivity index (χ3v) is 8.88. The molecule has 2 aliphatic heterocycles. The maximum Gasteiger partial charge on any atom is 0.335 e. The number of sulfone groups is 1. The standard InChI is InChI=1S/C16H21NO6S2/c1-12-9-13(3-4-14(12)15(18)19)25(22,23)17-7-2-5-16(10-17)6-8-24(20,21)11-16/h3-4,9H,2,5-8,10-11H2,1H3,(H,18,19). The summed E-state index contributed by atoms with van der Waals surface area (Å²) in [5.74, 6) is -0.939. The fourth-order valence-electron chi connectivity index (χ4n) is 3.86. The molecule has 0 amide bonds. The molecule has 1 atom stereocenters. The number of nitrogens with zero attached hydrogens (tertiary/aromatic N) is 1. The van der Waals surface area contributed by atoms with E-state index < -0.39 is 31.2 Å². The van der Waals surface area contributed by atoms with Crippen LogP contribution in [0.2, 0.25) is 0 Å².